The number of non-ortho nitro benzene ring substituents is 1. The molecule has 0 N–H and O–H groups in total. The Bertz CT molecular complexity index is 1860. The predicted octanol–water partition coefficient (Wildman–Crippen LogP) is 8.12. The van der Waals surface area contributed by atoms with Crippen LogP contribution in [0.25, 0.3) is 10.4 Å². The van der Waals surface area contributed by atoms with E-state index in [-0.39, 0.29) is 37.5 Å². The average Bonchev–Trinajstić information content (AvgIpc) is 3.20. The van der Waals surface area contributed by atoms with E-state index in [2.05, 4.69) is 95.2 Å². The van der Waals surface area contributed by atoms with E-state index in [9.17, 15) is 19.7 Å². The molecule has 296 valence electrons. The first kappa shape index (κ1) is 42.0. The zero-order valence-electron chi connectivity index (χ0n) is 32.9. The lowest BCUT2D eigenvalue weighted by Crippen LogP contribution is -2.44. The molecule has 5 rings (SSSR count). The number of amides is 1. The number of carbonyl (C=O) groups excluding carboxylic acids is 2. The number of nitrogens with zero attached hydrogens (tertiary/aromatic N) is 7. The Hall–Kier alpha value is -5.14. The molecule has 2 aliphatic rings. The van der Waals surface area contributed by atoms with Crippen LogP contribution in [0.2, 0.25) is 25.7 Å². The quantitative estimate of drug-likeness (QED) is 0.0137. The minimum absolute atomic E-state index is 0.00792. The van der Waals surface area contributed by atoms with Crippen molar-refractivity contribution >= 4 is 31.9 Å². The van der Waals surface area contributed by atoms with Crippen molar-refractivity contribution in [1.29, 1.82) is 0 Å². The molecule has 2 heterocycles. The number of aliphatic imine (C=N–C) groups is 1. The lowest BCUT2D eigenvalue weighted by Gasteiger charge is -2.43. The van der Waals surface area contributed by atoms with Gasteiger partial charge in [-0.3, -0.25) is 24.7 Å². The smallest absolute Gasteiger partial charge is 0.315 e. The molecular formula is C42H53N7O6Si. The van der Waals surface area contributed by atoms with Crippen LogP contribution in [0.15, 0.2) is 106 Å². The highest BCUT2D eigenvalue weighted by molar-refractivity contribution is 6.76. The largest absolute Gasteiger partial charge is 0.465 e. The minimum Gasteiger partial charge on any atom is -0.465 e. The average molecular weight is 780 g/mol. The van der Waals surface area contributed by atoms with Crippen molar-refractivity contribution in [2.75, 3.05) is 52.5 Å². The zero-order chi connectivity index (χ0) is 40.1. The maximum absolute atomic E-state index is 14.0. The van der Waals surface area contributed by atoms with Crippen LogP contribution in [-0.4, -0.2) is 93.4 Å². The van der Waals surface area contributed by atoms with Crippen LogP contribution < -0.4 is 0 Å². The third-order valence-corrected chi connectivity index (χ3v) is 12.5. The van der Waals surface area contributed by atoms with Crippen molar-refractivity contribution in [3.05, 3.63) is 134 Å². The first-order chi connectivity index (χ1) is 27.0. The molecule has 14 heteroatoms. The molecule has 1 unspecified atom stereocenters. The summed E-state index contributed by atoms with van der Waals surface area (Å²) < 4.78 is 11.8. The Balaban J connectivity index is 1.41. The molecular weight excluding hydrogens is 727 g/mol. The van der Waals surface area contributed by atoms with Gasteiger partial charge in [-0.25, -0.2) is 0 Å². The van der Waals surface area contributed by atoms with Crippen molar-refractivity contribution in [2.45, 2.75) is 63.2 Å². The topological polar surface area (TPSA) is 163 Å². The highest BCUT2D eigenvalue weighted by Gasteiger charge is 2.43. The van der Waals surface area contributed by atoms with Crippen LogP contribution in [0, 0.1) is 16.0 Å². The summed E-state index contributed by atoms with van der Waals surface area (Å²) in [7, 11) is -1.52. The molecule has 2 atom stereocenters. The molecule has 56 heavy (non-hydrogen) atoms. The number of hydrogen-bond donors (Lipinski definition) is 0. The van der Waals surface area contributed by atoms with E-state index in [1.54, 1.807) is 24.0 Å². The van der Waals surface area contributed by atoms with Crippen molar-refractivity contribution in [1.82, 2.24) is 9.80 Å². The Labute approximate surface area is 330 Å². The first-order valence-electron chi connectivity index (χ1n) is 19.3. The van der Waals surface area contributed by atoms with Gasteiger partial charge in [-0.15, -0.1) is 0 Å². The molecule has 2 aliphatic heterocycles. The molecule has 13 nitrogen and oxygen atoms in total. The lowest BCUT2D eigenvalue weighted by molar-refractivity contribution is -0.384. The summed E-state index contributed by atoms with van der Waals surface area (Å²) in [4.78, 5) is 50.0. The van der Waals surface area contributed by atoms with Crippen LogP contribution in [0.4, 0.5) is 5.69 Å². The highest BCUT2D eigenvalue weighted by atomic mass is 28.3. The fourth-order valence-corrected chi connectivity index (χ4v) is 8.52. The number of likely N-dealkylation sites (tertiary alicyclic amines) is 1. The molecule has 0 aliphatic carbocycles. The van der Waals surface area contributed by atoms with Gasteiger partial charge < -0.3 is 19.3 Å². The summed E-state index contributed by atoms with van der Waals surface area (Å²) in [5.74, 6) is -2.08. The number of ether oxygens (including phenoxy) is 2. The summed E-state index contributed by atoms with van der Waals surface area (Å²) in [6.07, 6.45) is 3.33. The van der Waals surface area contributed by atoms with Gasteiger partial charge in [0.1, 0.15) is 5.92 Å². The number of hydrogen-bond acceptors (Lipinski definition) is 9. The van der Waals surface area contributed by atoms with Gasteiger partial charge in [-0.2, -0.15) is 0 Å². The van der Waals surface area contributed by atoms with Crippen molar-refractivity contribution in [3.8, 4) is 0 Å². The fraction of sp³-hybridized carbons (Fsp3) is 0.452. The van der Waals surface area contributed by atoms with Crippen molar-refractivity contribution in [3.63, 3.8) is 0 Å². The fourth-order valence-electron chi connectivity index (χ4n) is 7.81. The maximum Gasteiger partial charge on any atom is 0.315 e. The third kappa shape index (κ3) is 10.6. The van der Waals surface area contributed by atoms with E-state index in [0.717, 1.165) is 44.9 Å². The van der Waals surface area contributed by atoms with Gasteiger partial charge in [0.15, 0.2) is 0 Å². The molecule has 1 fully saturated rings. The standard InChI is InChI=1S/C42H53N7O6Si/c1-32-38(41(51)55-28-29-56(2,3)4)39(33-16-18-36(19-17-33)49(52)53)40(37(45-32)30-54-27-22-44-46-43)48(31-50)24-11-23-47-25-20-42(21-26-47,34-12-7-5-8-13-34)35-14-9-6-10-15-35/h5-10,12-19,31,38-39H,11,20-30H2,1-4H3/t38?,39-/m0/s1. The number of esters is 1. The number of piperidine rings is 1. The van der Waals surface area contributed by atoms with E-state index in [0.29, 0.717) is 35.6 Å². The molecule has 3 aromatic carbocycles. The van der Waals surface area contributed by atoms with Crippen LogP contribution in [0.1, 0.15) is 48.8 Å². The number of benzene rings is 3. The molecule has 1 amide bonds. The Morgan fingerprint density at radius 1 is 1.04 bits per heavy atom. The van der Waals surface area contributed by atoms with Gasteiger partial charge >= 0.3 is 5.97 Å². The SMILES string of the molecule is CC1=NC(COCCN=[N+]=[N-])=C(N(C=O)CCCN2CCC(c3ccccc3)(c3ccccc3)CC2)[C@@H](c2ccc([N+](=O)[O-])cc2)C1C(=O)OCC[Si](C)(C)C. The highest BCUT2D eigenvalue weighted by Crippen LogP contribution is 2.43. The molecule has 3 aromatic rings. The number of nitro benzene ring substituents is 1. The van der Waals surface area contributed by atoms with Gasteiger partial charge in [0, 0.05) is 55.3 Å². The van der Waals surface area contributed by atoms with Crippen LogP contribution in [0.5, 0.6) is 0 Å². The number of azide groups is 1. The second kappa shape index (κ2) is 19.6. The number of allylic oxidation sites excluding steroid dienone is 1. The summed E-state index contributed by atoms with van der Waals surface area (Å²) in [6, 6.07) is 28.3. The molecule has 0 spiro atoms. The third-order valence-electron chi connectivity index (χ3n) is 10.8. The number of carbonyl (C=O) groups is 2. The Kier molecular flexibility index (Phi) is 14.7. The van der Waals surface area contributed by atoms with Gasteiger partial charge in [-0.05, 0) is 74.1 Å². The monoisotopic (exact) mass is 779 g/mol. The second-order valence-electron chi connectivity index (χ2n) is 15.7. The van der Waals surface area contributed by atoms with Crippen molar-refractivity contribution < 1.29 is 24.0 Å². The number of rotatable bonds is 19. The number of nitro groups is 1. The predicted molar refractivity (Wildman–Crippen MR) is 220 cm³/mol. The normalized spacial score (nSPS) is 18.4. The lowest BCUT2D eigenvalue weighted by atomic mass is 9.68. The van der Waals surface area contributed by atoms with Gasteiger partial charge in [-0.1, -0.05) is 97.6 Å². The van der Waals surface area contributed by atoms with Crippen LogP contribution >= 0.6 is 0 Å². The molecule has 0 saturated carbocycles. The van der Waals surface area contributed by atoms with Gasteiger partial charge in [0.25, 0.3) is 5.69 Å². The van der Waals surface area contributed by atoms with E-state index in [1.165, 1.54) is 23.3 Å². The molecule has 0 aromatic heterocycles. The minimum atomic E-state index is -1.52. The molecule has 0 bridgehead atoms. The van der Waals surface area contributed by atoms with Crippen LogP contribution in [0.3, 0.4) is 0 Å². The first-order valence-corrected chi connectivity index (χ1v) is 23.0. The summed E-state index contributed by atoms with van der Waals surface area (Å²) in [6.45, 7) is 11.7. The second-order valence-corrected chi connectivity index (χ2v) is 21.3. The van der Waals surface area contributed by atoms with Crippen LogP contribution in [-0.2, 0) is 24.5 Å². The van der Waals surface area contributed by atoms with E-state index in [1.807, 2.05) is 0 Å². The van der Waals surface area contributed by atoms with Gasteiger partial charge in [0.05, 0.1) is 36.1 Å². The molecule has 0 radical (unpaired) electrons. The summed E-state index contributed by atoms with van der Waals surface area (Å²) in [5.41, 5.74) is 13.3. The zero-order valence-corrected chi connectivity index (χ0v) is 33.9. The van der Waals surface area contributed by atoms with E-state index < -0.39 is 30.8 Å². The van der Waals surface area contributed by atoms with E-state index in [4.69, 9.17) is 20.0 Å². The van der Waals surface area contributed by atoms with E-state index >= 15 is 0 Å². The van der Waals surface area contributed by atoms with Crippen molar-refractivity contribution in [2.24, 2.45) is 16.0 Å². The maximum atomic E-state index is 14.0. The Morgan fingerprint density at radius 2 is 1.66 bits per heavy atom. The summed E-state index contributed by atoms with van der Waals surface area (Å²) >= 11 is 0. The van der Waals surface area contributed by atoms with Gasteiger partial charge in [0.2, 0.25) is 6.41 Å². The Morgan fingerprint density at radius 3 is 2.21 bits per heavy atom. The summed E-state index contributed by atoms with van der Waals surface area (Å²) in [5, 5.41) is 15.2. The molecule has 1 saturated heterocycles.